The van der Waals surface area contributed by atoms with E-state index in [9.17, 15) is 19.2 Å². The predicted octanol–water partition coefficient (Wildman–Crippen LogP) is 4.14. The second kappa shape index (κ2) is 12.8. The van der Waals surface area contributed by atoms with Crippen molar-refractivity contribution in [1.82, 2.24) is 9.47 Å². The van der Waals surface area contributed by atoms with Gasteiger partial charge in [0.2, 0.25) is 0 Å². The van der Waals surface area contributed by atoms with Gasteiger partial charge in [-0.15, -0.1) is 0 Å². The number of rotatable bonds is 9. The molecule has 0 unspecified atom stereocenters. The second-order valence-electron chi connectivity index (χ2n) is 12.6. The van der Waals surface area contributed by atoms with Crippen molar-refractivity contribution >= 4 is 56.2 Å². The molecule has 3 aromatic carbocycles. The number of aromatic nitrogens is 1. The van der Waals surface area contributed by atoms with E-state index >= 15 is 0 Å². The molecule has 0 spiro atoms. The van der Waals surface area contributed by atoms with Crippen molar-refractivity contribution < 1.29 is 38.4 Å². The standard InChI is InChI=1S/C35H39N3O9/c1-20(39)45-33-30-26(47-35(2,3)34(33)46-28(42)10-9-27(40)41)19-24(36-11-12-38-13-15-44-16-14-38)29-31(30)37(4)25-18-22-8-6-5-7-21(22)17-23(25)32(29)43/h5-8,17-19,33-34,36H,9-16H2,1-4H3,(H,40,41)/t33-,34-/m1/s1. The van der Waals surface area contributed by atoms with E-state index in [1.54, 1.807) is 19.9 Å². The zero-order chi connectivity index (χ0) is 33.5. The molecule has 2 aliphatic heterocycles. The molecular weight excluding hydrogens is 606 g/mol. The van der Waals surface area contributed by atoms with Crippen LogP contribution >= 0.6 is 0 Å². The van der Waals surface area contributed by atoms with Crippen molar-refractivity contribution in [2.45, 2.75) is 51.4 Å². The van der Waals surface area contributed by atoms with Crippen LogP contribution in [0.1, 0.15) is 45.3 Å². The lowest BCUT2D eigenvalue weighted by atomic mass is 9.86. The number of pyridine rings is 1. The van der Waals surface area contributed by atoms with Gasteiger partial charge in [-0.25, -0.2) is 0 Å². The molecule has 4 aromatic rings. The van der Waals surface area contributed by atoms with E-state index < -0.39 is 42.1 Å². The van der Waals surface area contributed by atoms with Gasteiger partial charge < -0.3 is 33.9 Å². The fourth-order valence-electron chi connectivity index (χ4n) is 6.62. The highest BCUT2D eigenvalue weighted by atomic mass is 16.6. The Kier molecular flexibility index (Phi) is 8.82. The SMILES string of the molecule is CC(=O)O[C@@H]1c2c(cc(NCCN3CCOCC3)c3c(=O)c4cc5ccccc5cc4n(C)c23)OC(C)(C)[C@@H]1OC(=O)CCC(=O)O. The van der Waals surface area contributed by atoms with Crippen LogP contribution in [0.15, 0.2) is 47.3 Å². The normalized spacial score (nSPS) is 19.2. The molecular formula is C35H39N3O9. The lowest BCUT2D eigenvalue weighted by molar-refractivity contribution is -0.189. The first-order chi connectivity index (χ1) is 22.4. The number of fused-ring (bicyclic) bond motifs is 5. The predicted molar refractivity (Wildman–Crippen MR) is 176 cm³/mol. The molecule has 248 valence electrons. The summed E-state index contributed by atoms with van der Waals surface area (Å²) in [4.78, 5) is 53.5. The van der Waals surface area contributed by atoms with Crippen molar-refractivity contribution in [2.75, 3.05) is 44.7 Å². The molecule has 2 N–H and O–H groups in total. The summed E-state index contributed by atoms with van der Waals surface area (Å²) >= 11 is 0. The van der Waals surface area contributed by atoms with Crippen LogP contribution in [0, 0.1) is 0 Å². The Labute approximate surface area is 271 Å². The number of carbonyl (C=O) groups excluding carboxylic acids is 2. The third-order valence-electron chi connectivity index (χ3n) is 8.89. The molecule has 0 aliphatic carbocycles. The molecule has 1 fully saturated rings. The van der Waals surface area contributed by atoms with E-state index in [-0.39, 0.29) is 11.8 Å². The molecule has 6 rings (SSSR count). The summed E-state index contributed by atoms with van der Waals surface area (Å²) in [5.41, 5.74) is 0.678. The van der Waals surface area contributed by atoms with E-state index in [1.165, 1.54) is 6.92 Å². The number of nitrogens with one attached hydrogen (secondary N) is 1. The van der Waals surface area contributed by atoms with Gasteiger partial charge >= 0.3 is 17.9 Å². The Bertz CT molecular complexity index is 1940. The van der Waals surface area contributed by atoms with Crippen LogP contribution in [0.4, 0.5) is 5.69 Å². The van der Waals surface area contributed by atoms with Gasteiger partial charge in [0.1, 0.15) is 11.4 Å². The largest absolute Gasteiger partial charge is 0.483 e. The van der Waals surface area contributed by atoms with Gasteiger partial charge in [-0.2, -0.15) is 0 Å². The average Bonchev–Trinajstić information content (AvgIpc) is 3.03. The summed E-state index contributed by atoms with van der Waals surface area (Å²) in [6.45, 7) is 8.95. The summed E-state index contributed by atoms with van der Waals surface area (Å²) in [7, 11) is 1.84. The lowest BCUT2D eigenvalue weighted by Crippen LogP contribution is -2.52. The van der Waals surface area contributed by atoms with Gasteiger partial charge in [0.05, 0.1) is 53.7 Å². The number of ether oxygens (including phenoxy) is 4. The van der Waals surface area contributed by atoms with Gasteiger partial charge in [0.25, 0.3) is 0 Å². The van der Waals surface area contributed by atoms with Crippen molar-refractivity contribution in [3.8, 4) is 5.75 Å². The molecule has 3 heterocycles. The zero-order valence-electron chi connectivity index (χ0n) is 27.0. The van der Waals surface area contributed by atoms with Gasteiger partial charge in [-0.3, -0.25) is 24.1 Å². The highest BCUT2D eigenvalue weighted by Gasteiger charge is 2.50. The number of aryl methyl sites for hydroxylation is 1. The minimum Gasteiger partial charge on any atom is -0.483 e. The first-order valence-electron chi connectivity index (χ1n) is 15.8. The Hall–Kier alpha value is -4.68. The van der Waals surface area contributed by atoms with Crippen LogP contribution in [0.5, 0.6) is 5.75 Å². The monoisotopic (exact) mass is 645 g/mol. The van der Waals surface area contributed by atoms with Crippen molar-refractivity contribution in [1.29, 1.82) is 0 Å². The summed E-state index contributed by atoms with van der Waals surface area (Å²) in [5.74, 6) is -2.17. The second-order valence-corrected chi connectivity index (χ2v) is 12.6. The summed E-state index contributed by atoms with van der Waals surface area (Å²) in [6, 6.07) is 13.4. The molecule has 0 amide bonds. The minimum absolute atomic E-state index is 0.211. The number of anilines is 1. The number of hydrogen-bond donors (Lipinski definition) is 2. The van der Waals surface area contributed by atoms with Crippen LogP contribution in [0.25, 0.3) is 32.6 Å². The molecule has 2 aliphatic rings. The highest BCUT2D eigenvalue weighted by molar-refractivity contribution is 6.06. The fourth-order valence-corrected chi connectivity index (χ4v) is 6.62. The Balaban J connectivity index is 1.57. The molecule has 0 bridgehead atoms. The number of morpholine rings is 1. The smallest absolute Gasteiger partial charge is 0.306 e. The number of carbonyl (C=O) groups is 3. The van der Waals surface area contributed by atoms with Crippen molar-refractivity contribution in [3.05, 3.63) is 58.3 Å². The number of aliphatic carboxylic acids is 1. The maximum absolute atomic E-state index is 14.6. The third-order valence-corrected chi connectivity index (χ3v) is 8.89. The Morgan fingerprint density at radius 3 is 2.43 bits per heavy atom. The van der Waals surface area contributed by atoms with Crippen LogP contribution in [0.3, 0.4) is 0 Å². The molecule has 12 heteroatoms. The zero-order valence-corrected chi connectivity index (χ0v) is 27.0. The van der Waals surface area contributed by atoms with Crippen LogP contribution < -0.4 is 15.5 Å². The van der Waals surface area contributed by atoms with E-state index in [1.807, 2.05) is 48.0 Å². The van der Waals surface area contributed by atoms with E-state index in [0.29, 0.717) is 58.6 Å². The average molecular weight is 646 g/mol. The van der Waals surface area contributed by atoms with E-state index in [0.717, 1.165) is 30.4 Å². The Morgan fingerprint density at radius 2 is 1.74 bits per heavy atom. The molecule has 0 saturated carbocycles. The van der Waals surface area contributed by atoms with E-state index in [2.05, 4.69) is 10.2 Å². The van der Waals surface area contributed by atoms with Crippen molar-refractivity contribution in [2.24, 2.45) is 7.05 Å². The first-order valence-corrected chi connectivity index (χ1v) is 15.8. The number of hydrogen-bond acceptors (Lipinski definition) is 10. The quantitative estimate of drug-likeness (QED) is 0.200. The van der Waals surface area contributed by atoms with Crippen molar-refractivity contribution in [3.63, 3.8) is 0 Å². The maximum Gasteiger partial charge on any atom is 0.306 e. The third kappa shape index (κ3) is 6.35. The first kappa shape index (κ1) is 32.3. The molecule has 1 saturated heterocycles. The minimum atomic E-state index is -1.20. The number of carboxylic acid groups (broad SMARTS) is 1. The summed E-state index contributed by atoms with van der Waals surface area (Å²) in [5, 5.41) is 15.4. The molecule has 1 aromatic heterocycles. The Morgan fingerprint density at radius 1 is 1.04 bits per heavy atom. The number of carboxylic acids is 1. The molecule has 12 nitrogen and oxygen atoms in total. The molecule has 0 radical (unpaired) electrons. The topological polar surface area (TPSA) is 146 Å². The van der Waals surface area contributed by atoms with Gasteiger partial charge in [0.15, 0.2) is 17.6 Å². The number of esters is 2. The van der Waals surface area contributed by atoms with Crippen LogP contribution in [-0.2, 0) is 35.6 Å². The summed E-state index contributed by atoms with van der Waals surface area (Å²) in [6.07, 6.45) is -3.09. The van der Waals surface area contributed by atoms with Crippen LogP contribution in [-0.4, -0.2) is 83.6 Å². The van der Waals surface area contributed by atoms with Gasteiger partial charge in [-0.1, -0.05) is 24.3 Å². The number of benzene rings is 3. The highest BCUT2D eigenvalue weighted by Crippen LogP contribution is 2.48. The van der Waals surface area contributed by atoms with Crippen LogP contribution in [0.2, 0.25) is 0 Å². The van der Waals surface area contributed by atoms with E-state index in [4.69, 9.17) is 24.1 Å². The summed E-state index contributed by atoms with van der Waals surface area (Å²) < 4.78 is 25.6. The molecule has 47 heavy (non-hydrogen) atoms. The van der Waals surface area contributed by atoms with Gasteiger partial charge in [0, 0.05) is 51.6 Å². The number of nitrogens with zero attached hydrogens (tertiary/aromatic N) is 2. The fraction of sp³-hybridized carbons (Fsp3) is 0.429. The van der Waals surface area contributed by atoms with Gasteiger partial charge in [-0.05, 0) is 36.8 Å². The maximum atomic E-state index is 14.6. The molecule has 2 atom stereocenters. The lowest BCUT2D eigenvalue weighted by Gasteiger charge is -2.44.